The number of piperazine rings is 1. The van der Waals surface area contributed by atoms with Crippen molar-refractivity contribution in [3.05, 3.63) is 29.8 Å². The number of nitrogens with zero attached hydrogens (tertiary/aromatic N) is 2. The Bertz CT molecular complexity index is 845. The number of carboxylic acids is 1. The number of sulfonamides is 1. The number of rotatable bonds is 7. The summed E-state index contributed by atoms with van der Waals surface area (Å²) in [4.78, 5) is 26.4. The highest BCUT2D eigenvalue weighted by Gasteiger charge is 2.39. The van der Waals surface area contributed by atoms with Crippen LogP contribution < -0.4 is 0 Å². The molecule has 2 aliphatic rings. The highest BCUT2D eigenvalue weighted by Crippen LogP contribution is 2.32. The molecule has 0 unspecified atom stereocenters. The molecule has 8 heteroatoms. The molecule has 1 saturated carbocycles. The lowest BCUT2D eigenvalue weighted by atomic mass is 9.78. The van der Waals surface area contributed by atoms with Gasteiger partial charge in [0.15, 0.2) is 0 Å². The molecule has 1 aromatic rings. The summed E-state index contributed by atoms with van der Waals surface area (Å²) in [7, 11) is -3.60. The van der Waals surface area contributed by atoms with Crippen molar-refractivity contribution in [1.82, 2.24) is 9.21 Å². The van der Waals surface area contributed by atoms with Crippen molar-refractivity contribution < 1.29 is 23.1 Å². The lowest BCUT2D eigenvalue weighted by molar-refractivity contribution is -0.152. The Morgan fingerprint density at radius 1 is 1.00 bits per heavy atom. The number of amides is 1. The maximum absolute atomic E-state index is 13.0. The van der Waals surface area contributed by atoms with E-state index in [1.807, 2.05) is 12.1 Å². The lowest BCUT2D eigenvalue weighted by Crippen LogP contribution is -2.53. The quantitative estimate of drug-likeness (QED) is 0.709. The van der Waals surface area contributed by atoms with E-state index in [4.69, 9.17) is 0 Å². The van der Waals surface area contributed by atoms with E-state index in [0.717, 1.165) is 37.7 Å². The van der Waals surface area contributed by atoms with Crippen molar-refractivity contribution in [2.45, 2.75) is 56.8 Å². The van der Waals surface area contributed by atoms with E-state index >= 15 is 0 Å². The van der Waals surface area contributed by atoms with E-state index in [1.54, 1.807) is 17.0 Å². The van der Waals surface area contributed by atoms with Crippen molar-refractivity contribution >= 4 is 21.9 Å². The van der Waals surface area contributed by atoms with Crippen LogP contribution in [0.2, 0.25) is 0 Å². The third-order valence-electron chi connectivity index (χ3n) is 6.33. The first kappa shape index (κ1) is 22.7. The Balaban J connectivity index is 1.61. The van der Waals surface area contributed by atoms with E-state index in [0.29, 0.717) is 25.9 Å². The molecule has 30 heavy (non-hydrogen) atoms. The highest BCUT2D eigenvalue weighted by molar-refractivity contribution is 7.89. The summed E-state index contributed by atoms with van der Waals surface area (Å²) in [5, 5.41) is 9.44. The molecule has 7 nitrogen and oxygen atoms in total. The first-order chi connectivity index (χ1) is 14.3. The predicted octanol–water partition coefficient (Wildman–Crippen LogP) is 2.75. The smallest absolute Gasteiger partial charge is 0.307 e. The van der Waals surface area contributed by atoms with Gasteiger partial charge in [-0.25, -0.2) is 8.42 Å². The standard InChI is InChI=1S/C22H32N2O5S/c1-2-3-6-17-9-11-18(12-10-17)30(28,29)24-15-13-23(14-16-24)21(25)19-7-4-5-8-20(19)22(26)27/h9-12,19-20H,2-8,13-16H2,1H3,(H,26,27)/t19-,20-/m1/s1. The van der Waals surface area contributed by atoms with Crippen molar-refractivity contribution in [1.29, 1.82) is 0 Å². The molecule has 1 aliphatic heterocycles. The number of benzene rings is 1. The van der Waals surface area contributed by atoms with Gasteiger partial charge in [0.25, 0.3) is 0 Å². The largest absolute Gasteiger partial charge is 0.481 e. The molecular formula is C22H32N2O5S. The third kappa shape index (κ3) is 5.03. The van der Waals surface area contributed by atoms with Crippen LogP contribution in [0, 0.1) is 11.8 Å². The number of hydrogen-bond acceptors (Lipinski definition) is 4. The SMILES string of the molecule is CCCCc1ccc(S(=O)(=O)N2CCN(C(=O)[C@@H]3CCCC[C@H]3C(=O)O)CC2)cc1. The van der Waals surface area contributed by atoms with Crippen LogP contribution in [0.3, 0.4) is 0 Å². The molecule has 1 saturated heterocycles. The second kappa shape index (κ2) is 9.92. The summed E-state index contributed by atoms with van der Waals surface area (Å²) in [5.74, 6) is -2.16. The van der Waals surface area contributed by atoms with Gasteiger partial charge >= 0.3 is 5.97 Å². The summed E-state index contributed by atoms with van der Waals surface area (Å²) >= 11 is 0. The van der Waals surface area contributed by atoms with Gasteiger partial charge in [-0.15, -0.1) is 0 Å². The minimum Gasteiger partial charge on any atom is -0.481 e. The lowest BCUT2D eigenvalue weighted by Gasteiger charge is -2.38. The number of aryl methyl sites for hydroxylation is 1. The molecule has 1 N–H and O–H groups in total. The van der Waals surface area contributed by atoms with Gasteiger partial charge in [0, 0.05) is 26.2 Å². The second-order valence-electron chi connectivity index (χ2n) is 8.31. The Kier molecular flexibility index (Phi) is 7.52. The first-order valence-electron chi connectivity index (χ1n) is 10.9. The molecule has 2 fully saturated rings. The average Bonchev–Trinajstić information content (AvgIpc) is 2.77. The fraction of sp³-hybridized carbons (Fsp3) is 0.636. The monoisotopic (exact) mass is 436 g/mol. The predicted molar refractivity (Wildman–Crippen MR) is 113 cm³/mol. The summed E-state index contributed by atoms with van der Waals surface area (Å²) in [6.07, 6.45) is 5.94. The molecule has 1 heterocycles. The van der Waals surface area contributed by atoms with Gasteiger partial charge in [0.2, 0.25) is 15.9 Å². The highest BCUT2D eigenvalue weighted by atomic mass is 32.2. The zero-order valence-corrected chi connectivity index (χ0v) is 18.4. The van der Waals surface area contributed by atoms with Crippen LogP contribution in [-0.4, -0.2) is 60.8 Å². The molecule has 3 rings (SSSR count). The van der Waals surface area contributed by atoms with E-state index < -0.39 is 27.8 Å². The van der Waals surface area contributed by atoms with Gasteiger partial charge in [-0.2, -0.15) is 4.31 Å². The Morgan fingerprint density at radius 2 is 1.60 bits per heavy atom. The number of hydrogen-bond donors (Lipinski definition) is 1. The average molecular weight is 437 g/mol. The molecule has 1 amide bonds. The molecule has 0 bridgehead atoms. The molecular weight excluding hydrogens is 404 g/mol. The van der Waals surface area contributed by atoms with Crippen molar-refractivity contribution in [2.75, 3.05) is 26.2 Å². The van der Waals surface area contributed by atoms with Crippen LogP contribution in [0.1, 0.15) is 51.0 Å². The van der Waals surface area contributed by atoms with E-state index in [-0.39, 0.29) is 23.9 Å². The van der Waals surface area contributed by atoms with Gasteiger partial charge in [0.05, 0.1) is 16.7 Å². The Labute approximate surface area is 179 Å². The molecule has 166 valence electrons. The van der Waals surface area contributed by atoms with Crippen LogP contribution in [0.15, 0.2) is 29.2 Å². The Hall–Kier alpha value is -1.93. The van der Waals surface area contributed by atoms with Crippen molar-refractivity contribution in [3.8, 4) is 0 Å². The normalized spacial score (nSPS) is 23.3. The van der Waals surface area contributed by atoms with Gasteiger partial charge in [-0.3, -0.25) is 9.59 Å². The van der Waals surface area contributed by atoms with Crippen LogP contribution >= 0.6 is 0 Å². The summed E-state index contributed by atoms with van der Waals surface area (Å²) in [5.41, 5.74) is 1.13. The minimum absolute atomic E-state index is 0.139. The van der Waals surface area contributed by atoms with Crippen LogP contribution in [0.5, 0.6) is 0 Å². The number of unbranched alkanes of at least 4 members (excludes halogenated alkanes) is 1. The molecule has 1 aromatic carbocycles. The fourth-order valence-electron chi connectivity index (χ4n) is 4.46. The maximum atomic E-state index is 13.0. The Morgan fingerprint density at radius 3 is 2.17 bits per heavy atom. The number of carboxylic acid groups (broad SMARTS) is 1. The van der Waals surface area contributed by atoms with Gasteiger partial charge in [-0.05, 0) is 43.4 Å². The first-order valence-corrected chi connectivity index (χ1v) is 12.4. The van der Waals surface area contributed by atoms with Crippen LogP contribution in [-0.2, 0) is 26.0 Å². The van der Waals surface area contributed by atoms with Gasteiger partial charge in [-0.1, -0.05) is 38.3 Å². The van der Waals surface area contributed by atoms with Gasteiger partial charge < -0.3 is 10.0 Å². The van der Waals surface area contributed by atoms with E-state index in [1.165, 1.54) is 4.31 Å². The van der Waals surface area contributed by atoms with E-state index in [9.17, 15) is 23.1 Å². The summed E-state index contributed by atoms with van der Waals surface area (Å²) in [6.45, 7) is 3.19. The number of aliphatic carboxylic acids is 1. The maximum Gasteiger partial charge on any atom is 0.307 e. The minimum atomic E-state index is -3.60. The zero-order valence-electron chi connectivity index (χ0n) is 17.6. The third-order valence-corrected chi connectivity index (χ3v) is 8.24. The summed E-state index contributed by atoms with van der Waals surface area (Å²) in [6, 6.07) is 7.07. The van der Waals surface area contributed by atoms with Crippen LogP contribution in [0.25, 0.3) is 0 Å². The summed E-state index contributed by atoms with van der Waals surface area (Å²) < 4.78 is 27.4. The molecule has 2 atom stereocenters. The zero-order chi connectivity index (χ0) is 21.7. The number of carbonyl (C=O) groups excluding carboxylic acids is 1. The molecule has 0 radical (unpaired) electrons. The molecule has 0 aromatic heterocycles. The van der Waals surface area contributed by atoms with Gasteiger partial charge in [0.1, 0.15) is 0 Å². The van der Waals surface area contributed by atoms with Crippen molar-refractivity contribution in [3.63, 3.8) is 0 Å². The number of carbonyl (C=O) groups is 2. The van der Waals surface area contributed by atoms with E-state index in [2.05, 4.69) is 6.92 Å². The molecule has 1 aliphatic carbocycles. The molecule has 0 spiro atoms. The second-order valence-corrected chi connectivity index (χ2v) is 10.3. The van der Waals surface area contributed by atoms with Crippen molar-refractivity contribution in [2.24, 2.45) is 11.8 Å². The topological polar surface area (TPSA) is 95.0 Å². The van der Waals surface area contributed by atoms with Crippen LogP contribution in [0.4, 0.5) is 0 Å². The fourth-order valence-corrected chi connectivity index (χ4v) is 5.89.